The maximum absolute atomic E-state index is 11.3. The predicted molar refractivity (Wildman–Crippen MR) is 67.8 cm³/mol. The summed E-state index contributed by atoms with van der Waals surface area (Å²) in [6.07, 6.45) is -0.291. The Kier molecular flexibility index (Phi) is 7.76. The number of hydrogen-bond acceptors (Lipinski definition) is 5. The van der Waals surface area contributed by atoms with Gasteiger partial charge in [0.05, 0.1) is 5.08 Å². The van der Waals surface area contributed by atoms with Gasteiger partial charge in [0.25, 0.3) is 0 Å². The molecule has 0 aliphatic carbocycles. The summed E-state index contributed by atoms with van der Waals surface area (Å²) < 4.78 is 5.28. The molecule has 0 aromatic carbocycles. The number of hydrogen-bond donors (Lipinski definition) is 1. The van der Waals surface area contributed by atoms with Gasteiger partial charge >= 0.3 is 6.09 Å². The highest BCUT2D eigenvalue weighted by atomic mass is 33.1. The van der Waals surface area contributed by atoms with Crippen LogP contribution in [0.25, 0.3) is 0 Å². The van der Waals surface area contributed by atoms with Gasteiger partial charge in [0, 0.05) is 20.0 Å². The summed E-state index contributed by atoms with van der Waals surface area (Å²) in [5.74, 6) is 0.310. The van der Waals surface area contributed by atoms with Crippen LogP contribution in [-0.2, 0) is 4.74 Å². The lowest BCUT2D eigenvalue weighted by atomic mass is 10.2. The van der Waals surface area contributed by atoms with Crippen LogP contribution in [0.3, 0.4) is 0 Å². The third kappa shape index (κ3) is 5.93. The molecule has 6 heteroatoms. The molecule has 3 nitrogen and oxygen atoms in total. The first-order valence-corrected chi connectivity index (χ1v) is 7.33. The topological polar surface area (TPSA) is 29.5 Å². The van der Waals surface area contributed by atoms with E-state index in [-0.39, 0.29) is 11.5 Å². The standard InChI is InChI=1S/C8H17NO2S3/c1-6(2)7(13-5-14-12)11-8(10)9(3)4/h6-7,12H,5H2,1-4H3. The van der Waals surface area contributed by atoms with Gasteiger partial charge in [0.2, 0.25) is 0 Å². The maximum atomic E-state index is 11.3. The van der Waals surface area contributed by atoms with Crippen LogP contribution in [-0.4, -0.2) is 35.6 Å². The van der Waals surface area contributed by atoms with Crippen molar-refractivity contribution in [3.63, 3.8) is 0 Å². The molecule has 1 amide bonds. The van der Waals surface area contributed by atoms with Crippen molar-refractivity contribution < 1.29 is 9.53 Å². The largest absolute Gasteiger partial charge is 0.435 e. The van der Waals surface area contributed by atoms with E-state index < -0.39 is 0 Å². The first kappa shape index (κ1) is 14.3. The fourth-order valence-corrected chi connectivity index (χ4v) is 2.53. The van der Waals surface area contributed by atoms with Crippen molar-refractivity contribution in [1.82, 2.24) is 4.90 Å². The molecule has 84 valence electrons. The highest BCUT2D eigenvalue weighted by molar-refractivity contribution is 8.70. The summed E-state index contributed by atoms with van der Waals surface area (Å²) in [6, 6.07) is 0. The number of amides is 1. The zero-order chi connectivity index (χ0) is 11.1. The van der Waals surface area contributed by atoms with E-state index in [9.17, 15) is 4.79 Å². The number of carbonyl (C=O) groups excluding carboxylic acids is 1. The van der Waals surface area contributed by atoms with Crippen molar-refractivity contribution in [3.8, 4) is 0 Å². The summed E-state index contributed by atoms with van der Waals surface area (Å²) >= 11 is 5.63. The lowest BCUT2D eigenvalue weighted by Crippen LogP contribution is -2.29. The highest BCUT2D eigenvalue weighted by Crippen LogP contribution is 2.26. The first-order chi connectivity index (χ1) is 6.49. The van der Waals surface area contributed by atoms with Crippen LogP contribution in [0, 0.1) is 5.92 Å². The van der Waals surface area contributed by atoms with Crippen molar-refractivity contribution in [3.05, 3.63) is 0 Å². The van der Waals surface area contributed by atoms with Crippen LogP contribution in [0.1, 0.15) is 13.8 Å². The van der Waals surface area contributed by atoms with E-state index in [0.717, 1.165) is 5.08 Å². The molecule has 0 saturated carbocycles. The molecule has 0 heterocycles. The molecule has 0 aliphatic rings. The fraction of sp³-hybridized carbons (Fsp3) is 0.875. The highest BCUT2D eigenvalue weighted by Gasteiger charge is 2.19. The molecule has 14 heavy (non-hydrogen) atoms. The minimum Gasteiger partial charge on any atom is -0.435 e. The Morgan fingerprint density at radius 3 is 2.43 bits per heavy atom. The third-order valence-corrected chi connectivity index (χ3v) is 4.30. The van der Waals surface area contributed by atoms with Crippen molar-refractivity contribution >= 4 is 40.3 Å². The zero-order valence-electron chi connectivity index (χ0n) is 8.89. The maximum Gasteiger partial charge on any atom is 0.410 e. The lowest BCUT2D eigenvalue weighted by molar-refractivity contribution is 0.0928. The second-order valence-corrected chi connectivity index (χ2v) is 6.08. The Morgan fingerprint density at radius 2 is 2.07 bits per heavy atom. The smallest absolute Gasteiger partial charge is 0.410 e. The third-order valence-electron chi connectivity index (χ3n) is 1.41. The molecule has 0 radical (unpaired) electrons. The van der Waals surface area contributed by atoms with Gasteiger partial charge in [-0.2, -0.15) is 0 Å². The summed E-state index contributed by atoms with van der Waals surface area (Å²) in [7, 11) is 4.79. The summed E-state index contributed by atoms with van der Waals surface area (Å²) in [5, 5.41) is 0.812. The number of thiol groups is 1. The fourth-order valence-electron chi connectivity index (χ4n) is 0.665. The molecule has 0 aromatic heterocycles. The van der Waals surface area contributed by atoms with Gasteiger partial charge in [-0.05, 0) is 0 Å². The SMILES string of the molecule is CC(C)C(OC(=O)N(C)C)SCSS. The Balaban J connectivity index is 4.02. The van der Waals surface area contributed by atoms with E-state index in [4.69, 9.17) is 4.74 Å². The Hall–Kier alpha value is 0.320. The summed E-state index contributed by atoms with van der Waals surface area (Å²) in [4.78, 5) is 12.7. The van der Waals surface area contributed by atoms with E-state index >= 15 is 0 Å². The Bertz CT molecular complexity index is 176. The summed E-state index contributed by atoms with van der Waals surface area (Å²) in [5.41, 5.74) is -0.0930. The van der Waals surface area contributed by atoms with Gasteiger partial charge in [-0.3, -0.25) is 0 Å². The average molecular weight is 255 g/mol. The molecule has 0 spiro atoms. The molecular weight excluding hydrogens is 238 g/mol. The van der Waals surface area contributed by atoms with Crippen molar-refractivity contribution in [1.29, 1.82) is 0 Å². The van der Waals surface area contributed by atoms with Crippen molar-refractivity contribution in [2.45, 2.75) is 19.3 Å². The predicted octanol–water partition coefficient (Wildman–Crippen LogP) is 2.94. The molecule has 0 aromatic rings. The van der Waals surface area contributed by atoms with Crippen LogP contribution in [0.15, 0.2) is 0 Å². The van der Waals surface area contributed by atoms with E-state index in [0.29, 0.717) is 5.92 Å². The molecule has 0 bridgehead atoms. The Labute approximate surface area is 99.1 Å². The van der Waals surface area contributed by atoms with Crippen LogP contribution in [0.5, 0.6) is 0 Å². The van der Waals surface area contributed by atoms with E-state index in [1.54, 1.807) is 25.9 Å². The monoisotopic (exact) mass is 255 g/mol. The molecule has 0 saturated heterocycles. The Morgan fingerprint density at radius 1 is 1.50 bits per heavy atom. The van der Waals surface area contributed by atoms with Gasteiger partial charge in [0.1, 0.15) is 0 Å². The first-order valence-electron chi connectivity index (χ1n) is 4.25. The molecule has 1 unspecified atom stereocenters. The van der Waals surface area contributed by atoms with Gasteiger partial charge in [-0.15, -0.1) is 23.4 Å². The van der Waals surface area contributed by atoms with Gasteiger partial charge in [-0.25, -0.2) is 4.79 Å². The molecule has 0 fully saturated rings. The number of thioether (sulfide) groups is 1. The van der Waals surface area contributed by atoms with Crippen molar-refractivity contribution in [2.24, 2.45) is 5.92 Å². The van der Waals surface area contributed by atoms with E-state index in [1.165, 1.54) is 15.7 Å². The van der Waals surface area contributed by atoms with Crippen LogP contribution in [0.2, 0.25) is 0 Å². The van der Waals surface area contributed by atoms with Gasteiger partial charge in [-0.1, -0.05) is 24.6 Å². The minimum atomic E-state index is -0.291. The molecule has 0 N–H and O–H groups in total. The second-order valence-electron chi connectivity index (χ2n) is 3.30. The quantitative estimate of drug-likeness (QED) is 0.465. The number of nitrogens with zero attached hydrogens (tertiary/aromatic N) is 1. The number of rotatable bonds is 5. The van der Waals surface area contributed by atoms with Crippen LogP contribution >= 0.6 is 34.2 Å². The van der Waals surface area contributed by atoms with E-state index in [2.05, 4.69) is 11.7 Å². The molecular formula is C8H17NO2S3. The normalized spacial score (nSPS) is 12.7. The molecule has 1 atom stereocenters. The lowest BCUT2D eigenvalue weighted by Gasteiger charge is -2.22. The van der Waals surface area contributed by atoms with Crippen LogP contribution in [0.4, 0.5) is 4.79 Å². The molecule has 0 rings (SSSR count). The number of carbonyl (C=O) groups is 1. The second kappa shape index (κ2) is 7.59. The van der Waals surface area contributed by atoms with Crippen LogP contribution < -0.4 is 0 Å². The average Bonchev–Trinajstić information content (AvgIpc) is 2.10. The minimum absolute atomic E-state index is 0.0930. The number of ether oxygens (including phenoxy) is 1. The summed E-state index contributed by atoms with van der Waals surface area (Å²) in [6.45, 7) is 4.06. The van der Waals surface area contributed by atoms with Crippen molar-refractivity contribution in [2.75, 3.05) is 19.2 Å². The molecule has 0 aliphatic heterocycles. The van der Waals surface area contributed by atoms with Gasteiger partial charge in [0.15, 0.2) is 5.44 Å². The van der Waals surface area contributed by atoms with E-state index in [1.807, 2.05) is 13.8 Å². The zero-order valence-corrected chi connectivity index (χ0v) is 11.4. The van der Waals surface area contributed by atoms with Gasteiger partial charge < -0.3 is 9.64 Å².